The van der Waals surface area contributed by atoms with Crippen LogP contribution in [0.15, 0.2) is 59.2 Å². The number of hydrogen-bond acceptors (Lipinski definition) is 5. The number of allylic oxidation sites excluding steroid dienone is 1. The lowest BCUT2D eigenvalue weighted by molar-refractivity contribution is -0.112. The molecule has 6 nitrogen and oxygen atoms in total. The van der Waals surface area contributed by atoms with E-state index in [1.165, 1.54) is 23.0 Å². The van der Waals surface area contributed by atoms with Crippen LogP contribution in [0.25, 0.3) is 0 Å². The van der Waals surface area contributed by atoms with Crippen molar-refractivity contribution in [3.8, 4) is 0 Å². The van der Waals surface area contributed by atoms with Crippen molar-refractivity contribution < 1.29 is 14.3 Å². The first-order chi connectivity index (χ1) is 15.4. The maximum atomic E-state index is 13.2. The van der Waals surface area contributed by atoms with Crippen LogP contribution in [0.5, 0.6) is 0 Å². The minimum Gasteiger partial charge on any atom is -0.496 e. The molecule has 2 amide bonds. The van der Waals surface area contributed by atoms with Crippen molar-refractivity contribution in [3.63, 3.8) is 0 Å². The lowest BCUT2D eigenvalue weighted by atomic mass is 10.1. The molecule has 2 aromatic carbocycles. The first-order valence-corrected chi connectivity index (χ1v) is 11.9. The number of carbonyl (C=O) groups is 2. The van der Waals surface area contributed by atoms with Crippen LogP contribution in [-0.2, 0) is 9.53 Å². The number of ether oxygens (including phenoxy) is 1. The number of anilines is 2. The van der Waals surface area contributed by atoms with Gasteiger partial charge in [0.25, 0.3) is 11.8 Å². The fraction of sp³-hybridized carbons (Fsp3) is 0.360. The van der Waals surface area contributed by atoms with Crippen molar-refractivity contribution >= 4 is 35.0 Å². The Labute approximate surface area is 193 Å². The van der Waals surface area contributed by atoms with Gasteiger partial charge in [-0.05, 0) is 56.7 Å². The molecular weight excluding hydrogens is 422 g/mol. The number of thioether (sulfide) groups is 1. The second-order valence-corrected chi connectivity index (χ2v) is 9.35. The Hall–Kier alpha value is -2.93. The maximum absolute atomic E-state index is 13.2. The van der Waals surface area contributed by atoms with Crippen LogP contribution in [0.2, 0.25) is 0 Å². The molecule has 0 radical (unpaired) electrons. The van der Waals surface area contributed by atoms with E-state index in [0.29, 0.717) is 41.6 Å². The summed E-state index contributed by atoms with van der Waals surface area (Å²) in [6, 6.07) is 15.9. The molecule has 32 heavy (non-hydrogen) atoms. The smallest absolute Gasteiger partial charge is 0.265 e. The third-order valence-corrected chi connectivity index (χ3v) is 6.92. The molecule has 2 aromatic rings. The van der Waals surface area contributed by atoms with E-state index in [9.17, 15) is 9.59 Å². The van der Waals surface area contributed by atoms with Gasteiger partial charge in [-0.25, -0.2) is 0 Å². The van der Waals surface area contributed by atoms with E-state index in [1.54, 1.807) is 31.2 Å². The third kappa shape index (κ3) is 4.93. The molecule has 0 aliphatic carbocycles. The molecule has 0 unspecified atom stereocenters. The summed E-state index contributed by atoms with van der Waals surface area (Å²) in [5.74, 6) is 1.19. The zero-order valence-electron chi connectivity index (χ0n) is 18.8. The number of carbonyl (C=O) groups excluding carboxylic acids is 2. The average molecular weight is 452 g/mol. The standard InChI is InChI=1S/C25H29N3O3S/c1-17-6-4-9-22(14-17)28-11-10-27(16-18(28)2)25(30)20-7-5-8-21(15-20)26-24(29)23-19(3)31-12-13-32-23/h4-9,14-15,18H,10-13,16H2,1-3H3,(H,26,29)/t18-/m1/s1. The van der Waals surface area contributed by atoms with Gasteiger partial charge < -0.3 is 19.9 Å². The molecule has 1 N–H and O–H groups in total. The number of piperazine rings is 1. The average Bonchev–Trinajstić information content (AvgIpc) is 2.79. The Balaban J connectivity index is 1.42. The summed E-state index contributed by atoms with van der Waals surface area (Å²) in [6.07, 6.45) is 0. The summed E-state index contributed by atoms with van der Waals surface area (Å²) >= 11 is 1.49. The van der Waals surface area contributed by atoms with E-state index < -0.39 is 0 Å². The van der Waals surface area contributed by atoms with Crippen LogP contribution >= 0.6 is 11.8 Å². The second-order valence-electron chi connectivity index (χ2n) is 8.25. The third-order valence-electron chi connectivity index (χ3n) is 5.79. The summed E-state index contributed by atoms with van der Waals surface area (Å²) in [4.78, 5) is 30.7. The molecule has 2 heterocycles. The summed E-state index contributed by atoms with van der Waals surface area (Å²) in [5.41, 5.74) is 3.62. The highest BCUT2D eigenvalue weighted by molar-refractivity contribution is 8.04. The maximum Gasteiger partial charge on any atom is 0.265 e. The molecule has 0 spiro atoms. The topological polar surface area (TPSA) is 61.9 Å². The van der Waals surface area contributed by atoms with Crippen LogP contribution in [0.3, 0.4) is 0 Å². The predicted octanol–water partition coefficient (Wildman–Crippen LogP) is 4.28. The van der Waals surface area contributed by atoms with E-state index in [-0.39, 0.29) is 17.9 Å². The molecule has 2 aliphatic rings. The molecule has 1 saturated heterocycles. The van der Waals surface area contributed by atoms with Crippen LogP contribution in [-0.4, -0.2) is 54.8 Å². The van der Waals surface area contributed by atoms with E-state index in [2.05, 4.69) is 48.3 Å². The molecule has 2 aliphatic heterocycles. The first-order valence-electron chi connectivity index (χ1n) is 10.9. The van der Waals surface area contributed by atoms with Crippen LogP contribution in [0, 0.1) is 6.92 Å². The van der Waals surface area contributed by atoms with Crippen molar-refractivity contribution in [2.75, 3.05) is 42.2 Å². The van der Waals surface area contributed by atoms with Crippen molar-refractivity contribution in [2.24, 2.45) is 0 Å². The van der Waals surface area contributed by atoms with Gasteiger partial charge in [0.15, 0.2) is 0 Å². The number of benzene rings is 2. The number of aryl methyl sites for hydroxylation is 1. The van der Waals surface area contributed by atoms with Gasteiger partial charge in [-0.1, -0.05) is 18.2 Å². The van der Waals surface area contributed by atoms with Crippen molar-refractivity contribution in [1.82, 2.24) is 4.90 Å². The van der Waals surface area contributed by atoms with Crippen molar-refractivity contribution in [1.29, 1.82) is 0 Å². The van der Waals surface area contributed by atoms with Crippen molar-refractivity contribution in [2.45, 2.75) is 26.8 Å². The van der Waals surface area contributed by atoms with Crippen LogP contribution in [0.1, 0.15) is 29.8 Å². The largest absolute Gasteiger partial charge is 0.496 e. The Morgan fingerprint density at radius 3 is 2.66 bits per heavy atom. The molecule has 1 atom stereocenters. The van der Waals surface area contributed by atoms with Crippen LogP contribution in [0.4, 0.5) is 11.4 Å². The minimum absolute atomic E-state index is 0.0115. The molecule has 0 aromatic heterocycles. The number of amides is 2. The highest BCUT2D eigenvalue weighted by Crippen LogP contribution is 2.27. The molecular formula is C25H29N3O3S. The Kier molecular flexibility index (Phi) is 6.74. The highest BCUT2D eigenvalue weighted by Gasteiger charge is 2.28. The second kappa shape index (κ2) is 9.69. The Morgan fingerprint density at radius 2 is 1.91 bits per heavy atom. The number of hydrogen-bond donors (Lipinski definition) is 1. The SMILES string of the molecule is CC1=C(C(=O)Nc2cccc(C(=O)N3CCN(c4cccc(C)c4)[C@H](C)C3)c2)SCCO1. The van der Waals surface area contributed by atoms with E-state index in [4.69, 9.17) is 4.74 Å². The van der Waals surface area contributed by atoms with Gasteiger partial charge in [0.05, 0.1) is 6.61 Å². The van der Waals surface area contributed by atoms with E-state index in [1.807, 2.05) is 4.90 Å². The van der Waals surface area contributed by atoms with Gasteiger partial charge in [-0.2, -0.15) is 0 Å². The molecule has 4 rings (SSSR count). The van der Waals surface area contributed by atoms with E-state index in [0.717, 1.165) is 12.3 Å². The number of nitrogens with one attached hydrogen (secondary N) is 1. The van der Waals surface area contributed by atoms with Crippen LogP contribution < -0.4 is 10.2 Å². The number of nitrogens with zero attached hydrogens (tertiary/aromatic N) is 2. The van der Waals surface area contributed by atoms with Gasteiger partial charge in [0, 0.05) is 48.4 Å². The van der Waals surface area contributed by atoms with Gasteiger partial charge >= 0.3 is 0 Å². The fourth-order valence-corrected chi connectivity index (χ4v) is 4.98. The van der Waals surface area contributed by atoms with E-state index >= 15 is 0 Å². The lowest BCUT2D eigenvalue weighted by Gasteiger charge is -2.41. The minimum atomic E-state index is -0.197. The zero-order valence-corrected chi connectivity index (χ0v) is 19.6. The predicted molar refractivity (Wildman–Crippen MR) is 130 cm³/mol. The molecule has 1 fully saturated rings. The lowest BCUT2D eigenvalue weighted by Crippen LogP contribution is -2.53. The normalized spacial score (nSPS) is 18.9. The van der Waals surface area contributed by atoms with Gasteiger partial charge in [0.1, 0.15) is 10.7 Å². The van der Waals surface area contributed by atoms with Gasteiger partial charge in [0.2, 0.25) is 0 Å². The fourth-order valence-electron chi connectivity index (χ4n) is 4.16. The highest BCUT2D eigenvalue weighted by atomic mass is 32.2. The summed E-state index contributed by atoms with van der Waals surface area (Å²) < 4.78 is 5.48. The molecule has 168 valence electrons. The molecule has 0 bridgehead atoms. The monoisotopic (exact) mass is 451 g/mol. The summed E-state index contributed by atoms with van der Waals surface area (Å²) in [7, 11) is 0. The first kappa shape index (κ1) is 22.3. The zero-order chi connectivity index (χ0) is 22.7. The summed E-state index contributed by atoms with van der Waals surface area (Å²) in [6.45, 7) is 8.77. The van der Waals surface area contributed by atoms with Gasteiger partial charge in [-0.3, -0.25) is 9.59 Å². The number of rotatable bonds is 4. The molecule has 7 heteroatoms. The van der Waals surface area contributed by atoms with Gasteiger partial charge in [-0.15, -0.1) is 11.8 Å². The Bertz CT molecular complexity index is 1050. The quantitative estimate of drug-likeness (QED) is 0.752. The van der Waals surface area contributed by atoms with Crippen molar-refractivity contribution in [3.05, 3.63) is 70.3 Å². The summed E-state index contributed by atoms with van der Waals surface area (Å²) in [5, 5.41) is 2.91. The Morgan fingerprint density at radius 1 is 1.09 bits per heavy atom. The molecule has 0 saturated carbocycles.